The Labute approximate surface area is 158 Å². The molecule has 27 heavy (non-hydrogen) atoms. The second-order valence-corrected chi connectivity index (χ2v) is 8.39. The van der Waals surface area contributed by atoms with Gasteiger partial charge < -0.3 is 14.2 Å². The number of benzene rings is 1. The number of rotatable bonds is 4. The number of nitrogens with zero attached hydrogens (tertiary/aromatic N) is 3. The molecule has 1 fully saturated rings. The molecule has 0 spiro atoms. The Kier molecular flexibility index (Phi) is 5.13. The molecule has 144 valence electrons. The van der Waals surface area contributed by atoms with Crippen LogP contribution < -0.4 is 14.2 Å². The van der Waals surface area contributed by atoms with Crippen molar-refractivity contribution >= 4 is 10.0 Å². The summed E-state index contributed by atoms with van der Waals surface area (Å²) in [4.78, 5) is 8.26. The van der Waals surface area contributed by atoms with Crippen molar-refractivity contribution < 1.29 is 22.6 Å². The average Bonchev–Trinajstić information content (AvgIpc) is 2.94. The number of ether oxygens (including phenoxy) is 3. The van der Waals surface area contributed by atoms with Gasteiger partial charge in [-0.25, -0.2) is 13.4 Å². The van der Waals surface area contributed by atoms with Crippen molar-refractivity contribution in [3.63, 3.8) is 0 Å². The predicted octanol–water partition coefficient (Wildman–Crippen LogP) is 1.87. The molecule has 0 aliphatic carbocycles. The minimum Gasteiger partial charge on any atom is -0.490 e. The topological polar surface area (TPSA) is 90.9 Å². The zero-order valence-corrected chi connectivity index (χ0v) is 15.6. The van der Waals surface area contributed by atoms with Gasteiger partial charge in [0, 0.05) is 31.4 Å². The molecule has 0 N–H and O–H groups in total. The van der Waals surface area contributed by atoms with Crippen LogP contribution in [0.5, 0.6) is 17.4 Å². The van der Waals surface area contributed by atoms with Gasteiger partial charge in [-0.15, -0.1) is 0 Å². The largest absolute Gasteiger partial charge is 0.490 e. The molecule has 2 aliphatic heterocycles. The molecule has 2 aromatic rings. The van der Waals surface area contributed by atoms with E-state index in [0.717, 1.165) is 12.8 Å². The highest BCUT2D eigenvalue weighted by Crippen LogP contribution is 2.33. The van der Waals surface area contributed by atoms with E-state index in [0.29, 0.717) is 43.6 Å². The number of piperidine rings is 1. The monoisotopic (exact) mass is 391 g/mol. The average molecular weight is 391 g/mol. The molecule has 4 rings (SSSR count). The Balaban J connectivity index is 1.52. The van der Waals surface area contributed by atoms with Gasteiger partial charge in [0.2, 0.25) is 15.9 Å². The number of hydrogen-bond acceptors (Lipinski definition) is 7. The standard InChI is InChI=1S/C18H21N3O5S/c22-27(23,15-4-5-16-17(11-15)25-10-2-9-24-16)21-8-1-3-14(13-21)26-18-12-19-6-7-20-18/h4-7,11-12,14H,1-3,8-10,13H2. The van der Waals surface area contributed by atoms with E-state index in [-0.39, 0.29) is 17.5 Å². The molecule has 1 unspecified atom stereocenters. The van der Waals surface area contributed by atoms with Gasteiger partial charge in [-0.2, -0.15) is 4.31 Å². The summed E-state index contributed by atoms with van der Waals surface area (Å²) >= 11 is 0. The van der Waals surface area contributed by atoms with Crippen molar-refractivity contribution in [1.29, 1.82) is 0 Å². The quantitative estimate of drug-likeness (QED) is 0.786. The van der Waals surface area contributed by atoms with Crippen LogP contribution in [-0.2, 0) is 10.0 Å². The molecular weight excluding hydrogens is 370 g/mol. The molecule has 8 nitrogen and oxygen atoms in total. The van der Waals surface area contributed by atoms with Gasteiger partial charge >= 0.3 is 0 Å². The smallest absolute Gasteiger partial charge is 0.243 e. The van der Waals surface area contributed by atoms with Gasteiger partial charge in [0.05, 0.1) is 30.9 Å². The van der Waals surface area contributed by atoms with Gasteiger partial charge in [0.15, 0.2) is 11.5 Å². The highest BCUT2D eigenvalue weighted by molar-refractivity contribution is 7.89. The van der Waals surface area contributed by atoms with Crippen LogP contribution in [-0.4, -0.2) is 55.1 Å². The fraction of sp³-hybridized carbons (Fsp3) is 0.444. The lowest BCUT2D eigenvalue weighted by atomic mass is 10.1. The normalized spacial score (nSPS) is 20.7. The van der Waals surface area contributed by atoms with Crippen LogP contribution in [0.15, 0.2) is 41.7 Å². The van der Waals surface area contributed by atoms with E-state index < -0.39 is 10.0 Å². The highest BCUT2D eigenvalue weighted by Gasteiger charge is 2.32. The summed E-state index contributed by atoms with van der Waals surface area (Å²) in [6.45, 7) is 1.80. The second kappa shape index (κ2) is 7.69. The van der Waals surface area contributed by atoms with Crippen LogP contribution >= 0.6 is 0 Å². The van der Waals surface area contributed by atoms with Crippen LogP contribution in [0.3, 0.4) is 0 Å². The van der Waals surface area contributed by atoms with E-state index >= 15 is 0 Å². The molecule has 0 amide bonds. The minimum absolute atomic E-state index is 0.201. The fourth-order valence-electron chi connectivity index (χ4n) is 3.19. The molecule has 0 saturated carbocycles. The first kappa shape index (κ1) is 18.0. The van der Waals surface area contributed by atoms with Crippen molar-refractivity contribution in [2.24, 2.45) is 0 Å². The third-order valence-corrected chi connectivity index (χ3v) is 6.39. The lowest BCUT2D eigenvalue weighted by molar-refractivity contribution is 0.124. The Morgan fingerprint density at radius 1 is 1.11 bits per heavy atom. The maximum atomic E-state index is 13.1. The molecule has 1 aromatic carbocycles. The maximum absolute atomic E-state index is 13.1. The fourth-order valence-corrected chi connectivity index (χ4v) is 4.72. The van der Waals surface area contributed by atoms with Crippen molar-refractivity contribution in [2.45, 2.75) is 30.3 Å². The van der Waals surface area contributed by atoms with Crippen LogP contribution in [0.4, 0.5) is 0 Å². The summed E-state index contributed by atoms with van der Waals surface area (Å²) < 4.78 is 44.7. The molecule has 1 atom stereocenters. The first-order valence-corrected chi connectivity index (χ1v) is 10.4. The maximum Gasteiger partial charge on any atom is 0.243 e. The first-order valence-electron chi connectivity index (χ1n) is 8.95. The second-order valence-electron chi connectivity index (χ2n) is 6.45. The lowest BCUT2D eigenvalue weighted by Gasteiger charge is -2.31. The van der Waals surface area contributed by atoms with Crippen molar-refractivity contribution in [1.82, 2.24) is 14.3 Å². The van der Waals surface area contributed by atoms with Crippen molar-refractivity contribution in [2.75, 3.05) is 26.3 Å². The third kappa shape index (κ3) is 3.98. The van der Waals surface area contributed by atoms with Crippen LogP contribution in [0.25, 0.3) is 0 Å². The molecular formula is C18H21N3O5S. The lowest BCUT2D eigenvalue weighted by Crippen LogP contribution is -2.44. The predicted molar refractivity (Wildman–Crippen MR) is 96.5 cm³/mol. The van der Waals surface area contributed by atoms with Gasteiger partial charge in [-0.1, -0.05) is 0 Å². The third-order valence-electron chi connectivity index (χ3n) is 4.52. The van der Waals surface area contributed by atoms with Crippen molar-refractivity contribution in [3.05, 3.63) is 36.8 Å². The summed E-state index contributed by atoms with van der Waals surface area (Å²) in [6.07, 6.45) is 6.63. The Bertz CT molecular complexity index is 891. The molecule has 1 aromatic heterocycles. The summed E-state index contributed by atoms with van der Waals surface area (Å²) in [5.74, 6) is 1.45. The molecule has 1 saturated heterocycles. The summed E-state index contributed by atoms with van der Waals surface area (Å²) in [7, 11) is -3.65. The molecule has 0 radical (unpaired) electrons. The number of fused-ring (bicyclic) bond motifs is 1. The molecule has 0 bridgehead atoms. The number of sulfonamides is 1. The molecule has 3 heterocycles. The van der Waals surface area contributed by atoms with Crippen LogP contribution in [0, 0.1) is 0 Å². The Morgan fingerprint density at radius 3 is 2.78 bits per heavy atom. The van der Waals surface area contributed by atoms with E-state index in [1.54, 1.807) is 30.6 Å². The van der Waals surface area contributed by atoms with E-state index in [9.17, 15) is 8.42 Å². The zero-order valence-electron chi connectivity index (χ0n) is 14.8. The molecule has 9 heteroatoms. The van der Waals surface area contributed by atoms with Crippen molar-refractivity contribution in [3.8, 4) is 17.4 Å². The van der Waals surface area contributed by atoms with Gasteiger partial charge in [-0.3, -0.25) is 4.98 Å². The van der Waals surface area contributed by atoms with E-state index in [4.69, 9.17) is 14.2 Å². The minimum atomic E-state index is -3.65. The van der Waals surface area contributed by atoms with Gasteiger partial charge in [0.1, 0.15) is 6.10 Å². The number of hydrogen-bond donors (Lipinski definition) is 0. The Hall–Kier alpha value is -2.39. The van der Waals surface area contributed by atoms with E-state index in [1.807, 2.05) is 0 Å². The zero-order chi connectivity index (χ0) is 18.7. The highest BCUT2D eigenvalue weighted by atomic mass is 32.2. The summed E-state index contributed by atoms with van der Waals surface area (Å²) in [6, 6.07) is 4.77. The first-order chi connectivity index (χ1) is 13.1. The van der Waals surface area contributed by atoms with E-state index in [1.165, 1.54) is 10.5 Å². The van der Waals surface area contributed by atoms with E-state index in [2.05, 4.69) is 9.97 Å². The van der Waals surface area contributed by atoms with Gasteiger partial charge in [-0.05, 0) is 25.0 Å². The summed E-state index contributed by atoms with van der Waals surface area (Å²) in [5, 5.41) is 0. The molecule has 2 aliphatic rings. The summed E-state index contributed by atoms with van der Waals surface area (Å²) in [5.41, 5.74) is 0. The van der Waals surface area contributed by atoms with Crippen LogP contribution in [0.1, 0.15) is 19.3 Å². The Morgan fingerprint density at radius 2 is 1.96 bits per heavy atom. The van der Waals surface area contributed by atoms with Crippen LogP contribution in [0.2, 0.25) is 0 Å². The van der Waals surface area contributed by atoms with Gasteiger partial charge in [0.25, 0.3) is 0 Å². The SMILES string of the molecule is O=S(=O)(c1ccc2c(c1)OCCCO2)N1CCCC(Oc2cnccn2)C1. The number of aromatic nitrogens is 2.